The highest BCUT2D eigenvalue weighted by Crippen LogP contribution is 2.22. The fourth-order valence-electron chi connectivity index (χ4n) is 2.67. The van der Waals surface area contributed by atoms with Gasteiger partial charge in [-0.25, -0.2) is 19.9 Å². The highest BCUT2D eigenvalue weighted by molar-refractivity contribution is 5.82. The van der Waals surface area contributed by atoms with E-state index in [1.807, 2.05) is 25.1 Å². The van der Waals surface area contributed by atoms with Crippen LogP contribution in [0.3, 0.4) is 0 Å². The van der Waals surface area contributed by atoms with Gasteiger partial charge in [0, 0.05) is 0 Å². The third-order valence-corrected chi connectivity index (χ3v) is 3.90. The number of benzene rings is 1. The molecule has 4 aromatic rings. The normalized spacial score (nSPS) is 12.5. The summed E-state index contributed by atoms with van der Waals surface area (Å²) in [5, 5.41) is 3.89. The molecule has 1 unspecified atom stereocenters. The van der Waals surface area contributed by atoms with Crippen LogP contribution in [0.15, 0.2) is 41.7 Å². The zero-order valence-electron chi connectivity index (χ0n) is 12.9. The first-order valence-corrected chi connectivity index (χ1v) is 7.66. The molecule has 0 aliphatic rings. The van der Waals surface area contributed by atoms with Gasteiger partial charge in [0.2, 0.25) is 0 Å². The number of fused-ring (bicyclic) bond motifs is 2. The molecule has 3 heterocycles. The topological polar surface area (TPSA) is 112 Å². The minimum absolute atomic E-state index is 0.148. The van der Waals surface area contributed by atoms with Crippen molar-refractivity contribution in [3.63, 3.8) is 0 Å². The fraction of sp³-hybridized carbons (Fsp3) is 0.188. The molecule has 0 bridgehead atoms. The van der Waals surface area contributed by atoms with Gasteiger partial charge in [0.15, 0.2) is 11.5 Å². The van der Waals surface area contributed by atoms with Gasteiger partial charge in [0.25, 0.3) is 5.56 Å². The van der Waals surface area contributed by atoms with Gasteiger partial charge in [0.1, 0.15) is 17.7 Å². The van der Waals surface area contributed by atoms with Crippen molar-refractivity contribution in [1.82, 2.24) is 29.9 Å². The fourth-order valence-corrected chi connectivity index (χ4v) is 2.67. The number of nitrogens with zero attached hydrogens (tertiary/aromatic N) is 4. The Morgan fingerprint density at radius 2 is 2.08 bits per heavy atom. The van der Waals surface area contributed by atoms with Gasteiger partial charge < -0.3 is 15.3 Å². The quantitative estimate of drug-likeness (QED) is 0.531. The van der Waals surface area contributed by atoms with E-state index in [1.54, 1.807) is 12.4 Å². The van der Waals surface area contributed by atoms with Crippen LogP contribution in [0.5, 0.6) is 0 Å². The van der Waals surface area contributed by atoms with Gasteiger partial charge in [-0.05, 0) is 18.6 Å². The van der Waals surface area contributed by atoms with Crippen molar-refractivity contribution < 1.29 is 0 Å². The lowest BCUT2D eigenvalue weighted by Crippen LogP contribution is -2.20. The average molecular weight is 321 g/mol. The monoisotopic (exact) mass is 321 g/mol. The predicted molar refractivity (Wildman–Crippen MR) is 90.7 cm³/mol. The van der Waals surface area contributed by atoms with Gasteiger partial charge in [0.05, 0.1) is 23.3 Å². The summed E-state index contributed by atoms with van der Waals surface area (Å²) in [6.07, 6.45) is 3.75. The van der Waals surface area contributed by atoms with Crippen LogP contribution in [0.25, 0.3) is 22.1 Å². The van der Waals surface area contributed by atoms with E-state index in [0.717, 1.165) is 11.9 Å². The molecule has 0 saturated carbocycles. The molecule has 3 N–H and O–H groups in total. The minimum Gasteiger partial charge on any atom is -0.358 e. The highest BCUT2D eigenvalue weighted by atomic mass is 16.1. The zero-order chi connectivity index (χ0) is 16.5. The number of imidazole rings is 1. The molecular formula is C16H15N7O. The third-order valence-electron chi connectivity index (χ3n) is 3.90. The Bertz CT molecular complexity index is 1070. The van der Waals surface area contributed by atoms with Gasteiger partial charge in [-0.15, -0.1) is 0 Å². The number of aromatic amines is 2. The van der Waals surface area contributed by atoms with Crippen LogP contribution in [0.4, 0.5) is 5.82 Å². The molecular weight excluding hydrogens is 306 g/mol. The third kappa shape index (κ3) is 2.37. The summed E-state index contributed by atoms with van der Waals surface area (Å²) in [5.74, 6) is 1.20. The Morgan fingerprint density at radius 3 is 2.96 bits per heavy atom. The number of aromatic nitrogens is 6. The molecule has 0 aliphatic heterocycles. The molecule has 0 spiro atoms. The molecule has 0 fully saturated rings. The lowest BCUT2D eigenvalue weighted by molar-refractivity contribution is 0.691. The summed E-state index contributed by atoms with van der Waals surface area (Å²) in [5.41, 5.74) is 1.83. The molecule has 120 valence electrons. The lowest BCUT2D eigenvalue weighted by Gasteiger charge is -2.17. The number of H-pyrrole nitrogens is 2. The van der Waals surface area contributed by atoms with Crippen molar-refractivity contribution in [3.05, 3.63) is 53.1 Å². The van der Waals surface area contributed by atoms with E-state index in [4.69, 9.17) is 0 Å². The number of nitrogens with one attached hydrogen (secondary N) is 3. The van der Waals surface area contributed by atoms with Crippen molar-refractivity contribution in [3.8, 4) is 0 Å². The maximum absolute atomic E-state index is 12.3. The molecule has 24 heavy (non-hydrogen) atoms. The van der Waals surface area contributed by atoms with Crippen LogP contribution >= 0.6 is 0 Å². The van der Waals surface area contributed by atoms with E-state index in [-0.39, 0.29) is 11.6 Å². The first-order valence-electron chi connectivity index (χ1n) is 7.66. The van der Waals surface area contributed by atoms with Gasteiger partial charge in [-0.1, -0.05) is 19.1 Å². The second-order valence-electron chi connectivity index (χ2n) is 5.40. The molecule has 8 nitrogen and oxygen atoms in total. The van der Waals surface area contributed by atoms with Crippen LogP contribution in [0, 0.1) is 0 Å². The Kier molecular flexibility index (Phi) is 3.42. The van der Waals surface area contributed by atoms with Crippen LogP contribution < -0.4 is 10.9 Å². The lowest BCUT2D eigenvalue weighted by atomic mass is 10.2. The van der Waals surface area contributed by atoms with E-state index in [0.29, 0.717) is 28.2 Å². The van der Waals surface area contributed by atoms with Gasteiger partial charge in [-0.2, -0.15) is 0 Å². The maximum Gasteiger partial charge on any atom is 0.258 e. The second-order valence-corrected chi connectivity index (χ2v) is 5.40. The van der Waals surface area contributed by atoms with Crippen LogP contribution in [0.2, 0.25) is 0 Å². The number of hydrogen-bond donors (Lipinski definition) is 3. The SMILES string of the molecule is CCC(Nc1ncnc2nc[nH]c12)c1nc2ccccc2c(=O)[nH]1. The Morgan fingerprint density at radius 1 is 1.21 bits per heavy atom. The van der Waals surface area contributed by atoms with E-state index in [2.05, 4.69) is 35.2 Å². The Labute approximate surface area is 136 Å². The highest BCUT2D eigenvalue weighted by Gasteiger charge is 2.16. The summed E-state index contributed by atoms with van der Waals surface area (Å²) in [4.78, 5) is 35.2. The van der Waals surface area contributed by atoms with Crippen LogP contribution in [-0.4, -0.2) is 29.9 Å². The Hall–Kier alpha value is -3.29. The molecule has 1 aromatic carbocycles. The van der Waals surface area contributed by atoms with E-state index >= 15 is 0 Å². The number of para-hydroxylation sites is 1. The van der Waals surface area contributed by atoms with Crippen molar-refractivity contribution in [1.29, 1.82) is 0 Å². The molecule has 8 heteroatoms. The first kappa shape index (κ1) is 14.3. The molecule has 0 amide bonds. The van der Waals surface area contributed by atoms with E-state index in [9.17, 15) is 4.79 Å². The maximum atomic E-state index is 12.3. The van der Waals surface area contributed by atoms with Crippen molar-refractivity contribution in [2.75, 3.05) is 5.32 Å². The summed E-state index contributed by atoms with van der Waals surface area (Å²) in [6, 6.07) is 7.09. The average Bonchev–Trinajstić information content (AvgIpc) is 3.09. The molecule has 0 saturated heterocycles. The summed E-state index contributed by atoms with van der Waals surface area (Å²) >= 11 is 0. The number of anilines is 1. The molecule has 0 aliphatic carbocycles. The number of hydrogen-bond acceptors (Lipinski definition) is 6. The van der Waals surface area contributed by atoms with Crippen molar-refractivity contribution in [2.24, 2.45) is 0 Å². The summed E-state index contributed by atoms with van der Waals surface area (Å²) in [6.45, 7) is 2.01. The standard InChI is InChI=1S/C16H15N7O/c1-2-10(21-15-12-14(18-7-17-12)19-8-20-15)13-22-11-6-4-3-5-9(11)16(24)23-13/h3-8,10H,2H2,1H3,(H,22,23,24)(H2,17,18,19,20,21). The van der Waals surface area contributed by atoms with Gasteiger partial charge in [-0.3, -0.25) is 4.79 Å². The molecule has 1 atom stereocenters. The molecule has 0 radical (unpaired) electrons. The zero-order valence-corrected chi connectivity index (χ0v) is 12.9. The minimum atomic E-state index is -0.191. The summed E-state index contributed by atoms with van der Waals surface area (Å²) < 4.78 is 0. The summed E-state index contributed by atoms with van der Waals surface area (Å²) in [7, 11) is 0. The molecule has 4 rings (SSSR count). The first-order chi connectivity index (χ1) is 11.8. The van der Waals surface area contributed by atoms with Crippen LogP contribution in [-0.2, 0) is 0 Å². The van der Waals surface area contributed by atoms with E-state index < -0.39 is 0 Å². The number of rotatable bonds is 4. The van der Waals surface area contributed by atoms with E-state index in [1.165, 1.54) is 6.33 Å². The molecule has 3 aromatic heterocycles. The Balaban J connectivity index is 1.76. The predicted octanol–water partition coefficient (Wildman–Crippen LogP) is 2.15. The largest absolute Gasteiger partial charge is 0.358 e. The second kappa shape index (κ2) is 5.73. The van der Waals surface area contributed by atoms with Crippen molar-refractivity contribution >= 4 is 27.9 Å². The van der Waals surface area contributed by atoms with Crippen LogP contribution in [0.1, 0.15) is 25.2 Å². The van der Waals surface area contributed by atoms with Crippen molar-refractivity contribution in [2.45, 2.75) is 19.4 Å². The van der Waals surface area contributed by atoms with Gasteiger partial charge >= 0.3 is 0 Å². The smallest absolute Gasteiger partial charge is 0.258 e.